The van der Waals surface area contributed by atoms with E-state index < -0.39 is 0 Å². The zero-order valence-electron chi connectivity index (χ0n) is 11.2. The summed E-state index contributed by atoms with van der Waals surface area (Å²) in [6.45, 7) is 0. The Morgan fingerprint density at radius 2 is 2.00 bits per heavy atom. The number of phenolic OH excluding ortho intramolecular Hbond substituents is 1. The van der Waals surface area contributed by atoms with Gasteiger partial charge in [-0.25, -0.2) is 0 Å². The SMILES string of the molecule is Oc1cccc(/C=C(\Cl)c2nc(-c3cccc(Br)c3)no2)c1. The number of benzene rings is 2. The molecule has 4 nitrogen and oxygen atoms in total. The number of rotatable bonds is 3. The molecule has 0 radical (unpaired) electrons. The van der Waals surface area contributed by atoms with Gasteiger partial charge in [-0.1, -0.05) is 57.0 Å². The van der Waals surface area contributed by atoms with Crippen molar-refractivity contribution >= 4 is 38.6 Å². The third-order valence-corrected chi connectivity index (χ3v) is 3.64. The van der Waals surface area contributed by atoms with Crippen molar-refractivity contribution in [3.05, 3.63) is 64.5 Å². The summed E-state index contributed by atoms with van der Waals surface area (Å²) in [6.07, 6.45) is 1.65. The largest absolute Gasteiger partial charge is 0.508 e. The van der Waals surface area contributed by atoms with Crippen LogP contribution in [0.4, 0.5) is 0 Å². The predicted molar refractivity (Wildman–Crippen MR) is 89.3 cm³/mol. The maximum atomic E-state index is 9.45. The first-order valence-electron chi connectivity index (χ1n) is 6.38. The van der Waals surface area contributed by atoms with Gasteiger partial charge in [-0.2, -0.15) is 4.98 Å². The molecule has 6 heteroatoms. The Bertz CT molecular complexity index is 845. The summed E-state index contributed by atoms with van der Waals surface area (Å²) >= 11 is 9.60. The van der Waals surface area contributed by atoms with E-state index in [4.69, 9.17) is 16.1 Å². The lowest BCUT2D eigenvalue weighted by molar-refractivity contribution is 0.410. The minimum Gasteiger partial charge on any atom is -0.508 e. The third kappa shape index (κ3) is 3.37. The summed E-state index contributed by atoms with van der Waals surface area (Å²) in [6, 6.07) is 14.3. The Hall–Kier alpha value is -2.11. The molecule has 0 aliphatic rings. The van der Waals surface area contributed by atoms with Gasteiger partial charge in [-0.05, 0) is 35.9 Å². The topological polar surface area (TPSA) is 59.2 Å². The first-order valence-corrected chi connectivity index (χ1v) is 7.55. The van der Waals surface area contributed by atoms with Gasteiger partial charge in [0.25, 0.3) is 5.89 Å². The fourth-order valence-corrected chi connectivity index (χ4v) is 2.49. The summed E-state index contributed by atoms with van der Waals surface area (Å²) in [5.74, 6) is 0.845. The van der Waals surface area contributed by atoms with E-state index in [1.165, 1.54) is 0 Å². The minimum atomic E-state index is 0.165. The van der Waals surface area contributed by atoms with Crippen LogP contribution in [0.2, 0.25) is 0 Å². The van der Waals surface area contributed by atoms with Crippen molar-refractivity contribution in [3.8, 4) is 17.1 Å². The van der Waals surface area contributed by atoms with Gasteiger partial charge >= 0.3 is 0 Å². The highest BCUT2D eigenvalue weighted by Crippen LogP contribution is 2.26. The van der Waals surface area contributed by atoms with Crippen LogP contribution in [0.25, 0.3) is 22.5 Å². The van der Waals surface area contributed by atoms with Crippen molar-refractivity contribution in [2.24, 2.45) is 0 Å². The number of aromatic hydroxyl groups is 1. The van der Waals surface area contributed by atoms with Crippen LogP contribution >= 0.6 is 27.5 Å². The fraction of sp³-hybridized carbons (Fsp3) is 0. The van der Waals surface area contributed by atoms with Crippen LogP contribution in [0.5, 0.6) is 5.75 Å². The molecule has 0 unspecified atom stereocenters. The fourth-order valence-electron chi connectivity index (χ4n) is 1.89. The maximum Gasteiger partial charge on any atom is 0.269 e. The highest BCUT2D eigenvalue weighted by atomic mass is 79.9. The number of hydrogen-bond acceptors (Lipinski definition) is 4. The molecule has 3 aromatic rings. The molecule has 22 heavy (non-hydrogen) atoms. The van der Waals surface area contributed by atoms with Gasteiger partial charge in [0.2, 0.25) is 5.82 Å². The molecule has 2 aromatic carbocycles. The van der Waals surface area contributed by atoms with Gasteiger partial charge in [0, 0.05) is 10.0 Å². The molecule has 1 heterocycles. The zero-order chi connectivity index (χ0) is 15.5. The van der Waals surface area contributed by atoms with Crippen LogP contribution in [0.15, 0.2) is 57.5 Å². The Morgan fingerprint density at radius 1 is 1.18 bits per heavy atom. The molecule has 0 bridgehead atoms. The second-order valence-corrected chi connectivity index (χ2v) is 5.84. The molecule has 0 aliphatic carbocycles. The highest BCUT2D eigenvalue weighted by molar-refractivity contribution is 9.10. The van der Waals surface area contributed by atoms with Crippen molar-refractivity contribution in [3.63, 3.8) is 0 Å². The maximum absolute atomic E-state index is 9.45. The van der Waals surface area contributed by atoms with E-state index in [-0.39, 0.29) is 11.6 Å². The van der Waals surface area contributed by atoms with E-state index in [0.717, 1.165) is 15.6 Å². The van der Waals surface area contributed by atoms with Gasteiger partial charge in [0.15, 0.2) is 0 Å². The molecule has 0 fully saturated rings. The molecule has 0 atom stereocenters. The number of aromatic nitrogens is 2. The van der Waals surface area contributed by atoms with E-state index in [9.17, 15) is 5.11 Å². The van der Waals surface area contributed by atoms with Crippen LogP contribution in [-0.4, -0.2) is 15.2 Å². The van der Waals surface area contributed by atoms with E-state index in [0.29, 0.717) is 10.9 Å². The number of nitrogens with zero attached hydrogens (tertiary/aromatic N) is 2. The summed E-state index contributed by atoms with van der Waals surface area (Å²) in [7, 11) is 0. The number of phenols is 1. The van der Waals surface area contributed by atoms with Crippen molar-refractivity contribution in [1.29, 1.82) is 0 Å². The second kappa shape index (κ2) is 6.34. The Balaban J connectivity index is 1.90. The first-order chi connectivity index (χ1) is 10.6. The lowest BCUT2D eigenvalue weighted by Crippen LogP contribution is -1.82. The molecule has 1 N–H and O–H groups in total. The summed E-state index contributed by atoms with van der Waals surface area (Å²) < 4.78 is 6.11. The average Bonchev–Trinajstić information content (AvgIpc) is 2.97. The van der Waals surface area contributed by atoms with Crippen LogP contribution in [0.1, 0.15) is 11.5 Å². The molecular weight excluding hydrogens is 368 g/mol. The monoisotopic (exact) mass is 376 g/mol. The molecule has 110 valence electrons. The van der Waals surface area contributed by atoms with Gasteiger partial charge in [0.1, 0.15) is 10.8 Å². The molecule has 0 amide bonds. The quantitative estimate of drug-likeness (QED) is 0.702. The molecule has 1 aromatic heterocycles. The van der Waals surface area contributed by atoms with Gasteiger partial charge in [-0.3, -0.25) is 0 Å². The van der Waals surface area contributed by atoms with E-state index in [2.05, 4.69) is 26.1 Å². The van der Waals surface area contributed by atoms with E-state index in [1.807, 2.05) is 30.3 Å². The van der Waals surface area contributed by atoms with Gasteiger partial charge in [-0.15, -0.1) is 0 Å². The highest BCUT2D eigenvalue weighted by Gasteiger charge is 2.11. The molecule has 0 spiro atoms. The Kier molecular flexibility index (Phi) is 4.27. The summed E-state index contributed by atoms with van der Waals surface area (Å²) in [5.41, 5.74) is 1.57. The van der Waals surface area contributed by atoms with Gasteiger partial charge < -0.3 is 9.63 Å². The molecule has 0 aliphatic heterocycles. The van der Waals surface area contributed by atoms with Crippen molar-refractivity contribution < 1.29 is 9.63 Å². The van der Waals surface area contributed by atoms with E-state index in [1.54, 1.807) is 24.3 Å². The van der Waals surface area contributed by atoms with Crippen molar-refractivity contribution in [1.82, 2.24) is 10.1 Å². The number of halogens is 2. The minimum absolute atomic E-state index is 0.165. The lowest BCUT2D eigenvalue weighted by atomic mass is 10.2. The Morgan fingerprint density at radius 3 is 2.77 bits per heavy atom. The third-order valence-electron chi connectivity index (χ3n) is 2.88. The standard InChI is InChI=1S/C16H10BrClN2O2/c17-12-5-2-4-11(9-12)15-19-16(22-20-15)14(18)8-10-3-1-6-13(21)7-10/h1-9,21H/b14-8-. The zero-order valence-corrected chi connectivity index (χ0v) is 13.5. The Labute approximate surface area is 140 Å². The summed E-state index contributed by atoms with van der Waals surface area (Å²) in [4.78, 5) is 4.28. The van der Waals surface area contributed by atoms with Crippen LogP contribution in [-0.2, 0) is 0 Å². The smallest absolute Gasteiger partial charge is 0.269 e. The first kappa shape index (κ1) is 14.8. The molecular formula is C16H10BrClN2O2. The van der Waals surface area contributed by atoms with Crippen LogP contribution in [0, 0.1) is 0 Å². The lowest BCUT2D eigenvalue weighted by Gasteiger charge is -1.96. The van der Waals surface area contributed by atoms with Crippen molar-refractivity contribution in [2.45, 2.75) is 0 Å². The molecule has 0 saturated carbocycles. The van der Waals surface area contributed by atoms with Gasteiger partial charge in [0.05, 0.1) is 0 Å². The normalized spacial score (nSPS) is 11.6. The van der Waals surface area contributed by atoms with Crippen LogP contribution < -0.4 is 0 Å². The summed E-state index contributed by atoms with van der Waals surface area (Å²) in [5, 5.41) is 13.7. The van der Waals surface area contributed by atoms with Crippen LogP contribution in [0.3, 0.4) is 0 Å². The number of hydrogen-bond donors (Lipinski definition) is 1. The predicted octanol–water partition coefficient (Wildman–Crippen LogP) is 4.94. The molecule has 3 rings (SSSR count). The molecule has 0 saturated heterocycles. The van der Waals surface area contributed by atoms with Crippen molar-refractivity contribution in [2.75, 3.05) is 0 Å². The average molecular weight is 378 g/mol. The van der Waals surface area contributed by atoms with E-state index >= 15 is 0 Å². The second-order valence-electron chi connectivity index (χ2n) is 4.52.